The van der Waals surface area contributed by atoms with Crippen LogP contribution in [0.1, 0.15) is 73.6 Å². The van der Waals surface area contributed by atoms with Crippen LogP contribution in [-0.4, -0.2) is 28.7 Å². The number of rotatable bonds is 1. The van der Waals surface area contributed by atoms with Gasteiger partial charge in [-0.15, -0.1) is 0 Å². The zero-order valence-corrected chi connectivity index (χ0v) is 16.5. The monoisotopic (exact) mass is 344 g/mol. The Morgan fingerprint density at radius 3 is 2.40 bits per heavy atom. The average molecular weight is 344 g/mol. The van der Waals surface area contributed by atoms with Gasteiger partial charge in [0.2, 0.25) is 0 Å². The Morgan fingerprint density at radius 2 is 1.84 bits per heavy atom. The van der Waals surface area contributed by atoms with Crippen molar-refractivity contribution in [2.24, 2.45) is 5.41 Å². The molecule has 3 atom stereocenters. The maximum absolute atomic E-state index is 11.5. The summed E-state index contributed by atoms with van der Waals surface area (Å²) in [6.07, 6.45) is 7.08. The van der Waals surface area contributed by atoms with Gasteiger partial charge >= 0.3 is 0 Å². The number of allylic oxidation sites excluding steroid dienone is 2. The molecule has 3 unspecified atom stereocenters. The van der Waals surface area contributed by atoms with Crippen LogP contribution in [0.4, 0.5) is 0 Å². The lowest BCUT2D eigenvalue weighted by atomic mass is 9.63. The van der Waals surface area contributed by atoms with Crippen LogP contribution in [-0.2, 0) is 9.47 Å². The van der Waals surface area contributed by atoms with Gasteiger partial charge in [-0.2, -0.15) is 0 Å². The predicted molar refractivity (Wildman–Crippen MR) is 99.9 cm³/mol. The van der Waals surface area contributed by atoms with Crippen molar-refractivity contribution in [1.29, 1.82) is 0 Å². The van der Waals surface area contributed by atoms with Gasteiger partial charge in [0.15, 0.2) is 11.4 Å². The Hall–Kier alpha value is -1.08. The van der Waals surface area contributed by atoms with Gasteiger partial charge in [-0.25, -0.2) is 0 Å². The van der Waals surface area contributed by atoms with Gasteiger partial charge in [0, 0.05) is 17.4 Å². The van der Waals surface area contributed by atoms with E-state index in [1.807, 2.05) is 26.8 Å². The number of aliphatic hydroxyl groups is 1. The van der Waals surface area contributed by atoms with E-state index in [-0.39, 0.29) is 12.2 Å². The first-order valence-electron chi connectivity index (χ1n) is 9.64. The summed E-state index contributed by atoms with van der Waals surface area (Å²) in [7, 11) is 0. The second kappa shape index (κ2) is 6.27. The molecule has 1 fully saturated rings. The highest BCUT2D eigenvalue weighted by Crippen LogP contribution is 2.51. The van der Waals surface area contributed by atoms with Crippen molar-refractivity contribution < 1.29 is 14.6 Å². The van der Waals surface area contributed by atoms with Gasteiger partial charge in [0.25, 0.3) is 0 Å². The molecule has 1 heterocycles. The van der Waals surface area contributed by atoms with Crippen LogP contribution in [0.25, 0.3) is 0 Å². The minimum Gasteiger partial charge on any atom is -0.373 e. The summed E-state index contributed by atoms with van der Waals surface area (Å²) in [6.45, 7) is 12.3. The molecule has 3 heteroatoms. The maximum Gasteiger partial charge on any atom is 0.189 e. The molecule has 0 aromatic rings. The van der Waals surface area contributed by atoms with Gasteiger partial charge in [0.05, 0.1) is 12.2 Å². The van der Waals surface area contributed by atoms with Gasteiger partial charge in [0.1, 0.15) is 0 Å². The second-order valence-electron chi connectivity index (χ2n) is 8.60. The Balaban J connectivity index is 1.97. The predicted octanol–water partition coefficient (Wildman–Crippen LogP) is 4.51. The van der Waals surface area contributed by atoms with E-state index < -0.39 is 16.8 Å². The molecule has 2 aliphatic carbocycles. The van der Waals surface area contributed by atoms with Crippen molar-refractivity contribution in [3.8, 4) is 11.8 Å². The second-order valence-corrected chi connectivity index (χ2v) is 8.60. The lowest BCUT2D eigenvalue weighted by Gasteiger charge is -2.48. The van der Waals surface area contributed by atoms with Crippen molar-refractivity contribution in [2.45, 2.75) is 97.2 Å². The third-order valence-electron chi connectivity index (χ3n) is 6.26. The third kappa shape index (κ3) is 3.10. The normalized spacial score (nSPS) is 40.2. The highest BCUT2D eigenvalue weighted by atomic mass is 16.8. The summed E-state index contributed by atoms with van der Waals surface area (Å²) in [5, 5.41) is 11.5. The van der Waals surface area contributed by atoms with E-state index in [0.29, 0.717) is 6.42 Å². The van der Waals surface area contributed by atoms with Gasteiger partial charge in [-0.3, -0.25) is 0 Å². The Labute approximate surface area is 152 Å². The minimum atomic E-state index is -1.16. The highest BCUT2D eigenvalue weighted by Gasteiger charge is 2.57. The van der Waals surface area contributed by atoms with E-state index >= 15 is 0 Å². The molecule has 138 valence electrons. The number of ether oxygens (including phenoxy) is 2. The zero-order chi connectivity index (χ0) is 18.5. The summed E-state index contributed by atoms with van der Waals surface area (Å²) >= 11 is 0. The fourth-order valence-corrected chi connectivity index (χ4v) is 4.54. The summed E-state index contributed by atoms with van der Waals surface area (Å²) in [4.78, 5) is 0. The molecule has 1 aliphatic heterocycles. The van der Waals surface area contributed by atoms with E-state index in [4.69, 9.17) is 9.47 Å². The van der Waals surface area contributed by atoms with Gasteiger partial charge < -0.3 is 14.6 Å². The Morgan fingerprint density at radius 1 is 1.20 bits per heavy atom. The van der Waals surface area contributed by atoms with E-state index in [0.717, 1.165) is 24.8 Å². The number of hydrogen-bond donors (Lipinski definition) is 1. The largest absolute Gasteiger partial charge is 0.373 e. The summed E-state index contributed by atoms with van der Waals surface area (Å²) in [5.41, 5.74) is 1.89. The van der Waals surface area contributed by atoms with Crippen LogP contribution in [0, 0.1) is 17.3 Å². The smallest absolute Gasteiger partial charge is 0.189 e. The molecule has 0 saturated carbocycles. The lowest BCUT2D eigenvalue weighted by Crippen LogP contribution is -2.53. The molecule has 1 saturated heterocycles. The molecule has 0 aromatic carbocycles. The molecule has 3 nitrogen and oxygen atoms in total. The summed E-state index contributed by atoms with van der Waals surface area (Å²) in [5.74, 6) is 5.84. The molecule has 3 aliphatic rings. The molecule has 1 spiro atoms. The molecule has 3 rings (SSSR count). The highest BCUT2D eigenvalue weighted by molar-refractivity contribution is 5.45. The van der Waals surface area contributed by atoms with Crippen LogP contribution in [0.5, 0.6) is 0 Å². The maximum atomic E-state index is 11.5. The topological polar surface area (TPSA) is 38.7 Å². The van der Waals surface area contributed by atoms with Gasteiger partial charge in [-0.05, 0) is 58.1 Å². The van der Waals surface area contributed by atoms with E-state index in [9.17, 15) is 5.11 Å². The molecule has 0 aromatic heterocycles. The lowest BCUT2D eigenvalue weighted by molar-refractivity contribution is -0.182. The van der Waals surface area contributed by atoms with Crippen LogP contribution in [0.2, 0.25) is 0 Å². The first-order chi connectivity index (χ1) is 11.6. The van der Waals surface area contributed by atoms with Gasteiger partial charge in [-0.1, -0.05) is 38.2 Å². The molecular weight excluding hydrogens is 312 g/mol. The molecule has 0 bridgehead atoms. The fraction of sp³-hybridized carbons (Fsp3) is 0.727. The van der Waals surface area contributed by atoms with E-state index in [1.54, 1.807) is 0 Å². The quantitative estimate of drug-likeness (QED) is 0.562. The van der Waals surface area contributed by atoms with Crippen LogP contribution >= 0.6 is 0 Å². The zero-order valence-electron chi connectivity index (χ0n) is 16.5. The van der Waals surface area contributed by atoms with E-state index in [1.165, 1.54) is 17.6 Å². The SMILES string of the molecule is CCC1=C(C#CC2(O)C(C)=CC3(CC2(C)C)OC(C)C(C)O3)CCC1. The fourth-order valence-electron chi connectivity index (χ4n) is 4.54. The standard InChI is InChI=1S/C22H32O3/c1-7-18-9-8-10-19(18)11-12-22(23)15(2)13-21(14-20(22,5)6)24-16(3)17(4)25-21/h13,16-17,23H,7-10,14H2,1-6H3. The van der Waals surface area contributed by atoms with Crippen LogP contribution in [0.15, 0.2) is 22.8 Å². The van der Waals surface area contributed by atoms with Crippen LogP contribution in [0.3, 0.4) is 0 Å². The first kappa shape index (κ1) is 18.7. The number of hydrogen-bond acceptors (Lipinski definition) is 3. The Kier molecular flexibility index (Phi) is 4.69. The summed E-state index contributed by atoms with van der Waals surface area (Å²) in [6, 6.07) is 0. The summed E-state index contributed by atoms with van der Waals surface area (Å²) < 4.78 is 12.3. The van der Waals surface area contributed by atoms with Crippen LogP contribution < -0.4 is 0 Å². The third-order valence-corrected chi connectivity index (χ3v) is 6.26. The van der Waals surface area contributed by atoms with Crippen molar-refractivity contribution in [3.63, 3.8) is 0 Å². The Bertz CT molecular complexity index is 663. The van der Waals surface area contributed by atoms with Crippen molar-refractivity contribution >= 4 is 0 Å². The molecule has 25 heavy (non-hydrogen) atoms. The first-order valence-corrected chi connectivity index (χ1v) is 9.64. The average Bonchev–Trinajstić information content (AvgIpc) is 3.07. The minimum absolute atomic E-state index is 0.0490. The van der Waals surface area contributed by atoms with Crippen molar-refractivity contribution in [2.75, 3.05) is 0 Å². The van der Waals surface area contributed by atoms with Crippen molar-refractivity contribution in [3.05, 3.63) is 22.8 Å². The molecular formula is C22H32O3. The van der Waals surface area contributed by atoms with Crippen molar-refractivity contribution in [1.82, 2.24) is 0 Å². The van der Waals surface area contributed by atoms with E-state index in [2.05, 4.69) is 32.6 Å². The molecule has 0 radical (unpaired) electrons. The molecule has 1 N–H and O–H groups in total. The molecule has 0 amide bonds.